The van der Waals surface area contributed by atoms with Crippen molar-refractivity contribution in [1.29, 1.82) is 0 Å². The maximum Gasteiger partial charge on any atom is 0.259 e. The molecule has 2 aromatic carbocycles. The third-order valence-corrected chi connectivity index (χ3v) is 4.73. The summed E-state index contributed by atoms with van der Waals surface area (Å²) < 4.78 is 0. The number of imide groups is 1. The van der Waals surface area contributed by atoms with Crippen molar-refractivity contribution in [3.63, 3.8) is 0 Å². The van der Waals surface area contributed by atoms with E-state index in [1.165, 1.54) is 0 Å². The summed E-state index contributed by atoms with van der Waals surface area (Å²) in [6.45, 7) is 4.00. The van der Waals surface area contributed by atoms with Gasteiger partial charge in [-0.2, -0.15) is 0 Å². The Balaban J connectivity index is 1.83. The monoisotopic (exact) mass is 322 g/mol. The topological polar surface area (TPSA) is 58.6 Å². The van der Waals surface area contributed by atoms with E-state index in [9.17, 15) is 9.59 Å². The Kier molecular flexibility index (Phi) is 3.39. The second-order valence-electron chi connectivity index (χ2n) is 6.37. The molecule has 2 amide bonds. The van der Waals surface area contributed by atoms with E-state index in [1.807, 2.05) is 62.4 Å². The lowest BCUT2D eigenvalue weighted by Crippen LogP contribution is -2.33. The highest BCUT2D eigenvalue weighted by molar-refractivity contribution is 6.07. The smallest absolute Gasteiger partial charge is 0.259 e. The second kappa shape index (κ2) is 5.46. The van der Waals surface area contributed by atoms with Crippen LogP contribution in [0.5, 0.6) is 0 Å². The number of hydrogen-bond acceptors (Lipinski definition) is 4. The quantitative estimate of drug-likeness (QED) is 0.863. The van der Waals surface area contributed by atoms with Crippen LogP contribution in [0.3, 0.4) is 0 Å². The number of anilines is 1. The summed E-state index contributed by atoms with van der Waals surface area (Å²) in [5.41, 5.74) is 4.00. The van der Waals surface area contributed by atoms with Crippen LogP contribution in [0.1, 0.15) is 22.7 Å². The minimum atomic E-state index is -0.775. The predicted molar refractivity (Wildman–Crippen MR) is 89.1 cm³/mol. The molecule has 0 spiro atoms. The Morgan fingerprint density at radius 2 is 1.67 bits per heavy atom. The molecule has 0 radical (unpaired) electrons. The molecule has 0 aromatic heterocycles. The second-order valence-corrected chi connectivity index (χ2v) is 6.37. The van der Waals surface area contributed by atoms with Gasteiger partial charge in [-0.3, -0.25) is 19.7 Å². The van der Waals surface area contributed by atoms with Crippen molar-refractivity contribution < 1.29 is 14.4 Å². The van der Waals surface area contributed by atoms with E-state index in [0.29, 0.717) is 0 Å². The van der Waals surface area contributed by atoms with Gasteiger partial charge < -0.3 is 0 Å². The molecule has 0 aliphatic carbocycles. The van der Waals surface area contributed by atoms with E-state index in [-0.39, 0.29) is 17.9 Å². The number of nitrogens with zero attached hydrogens (tertiary/aromatic N) is 1. The minimum absolute atomic E-state index is 0.272. The number of rotatable bonds is 2. The number of benzene rings is 2. The lowest BCUT2D eigenvalue weighted by Gasteiger charge is -2.28. The maximum absolute atomic E-state index is 12.3. The predicted octanol–water partition coefficient (Wildman–Crippen LogP) is 2.44. The summed E-state index contributed by atoms with van der Waals surface area (Å²) >= 11 is 0. The van der Waals surface area contributed by atoms with Gasteiger partial charge in [0.05, 0.1) is 11.7 Å². The van der Waals surface area contributed by atoms with Gasteiger partial charge >= 0.3 is 0 Å². The number of carbonyl (C=O) groups is 2. The molecule has 5 heteroatoms. The van der Waals surface area contributed by atoms with E-state index in [4.69, 9.17) is 4.84 Å². The van der Waals surface area contributed by atoms with Crippen LogP contribution in [0.15, 0.2) is 48.5 Å². The number of nitrogens with one attached hydrogen (secondary N) is 1. The fraction of sp³-hybridized carbons (Fsp3) is 0.263. The van der Waals surface area contributed by atoms with Crippen LogP contribution >= 0.6 is 0 Å². The first-order valence-corrected chi connectivity index (χ1v) is 7.99. The molecule has 4 rings (SSSR count). The molecule has 24 heavy (non-hydrogen) atoms. The first-order valence-electron chi connectivity index (χ1n) is 7.99. The molecule has 2 fully saturated rings. The lowest BCUT2D eigenvalue weighted by molar-refractivity contribution is -0.129. The number of para-hydroxylation sites is 1. The van der Waals surface area contributed by atoms with Crippen molar-refractivity contribution in [3.05, 3.63) is 65.2 Å². The zero-order chi connectivity index (χ0) is 16.8. The zero-order valence-corrected chi connectivity index (χ0v) is 13.5. The highest BCUT2D eigenvalue weighted by Gasteiger charge is 2.56. The molecule has 3 unspecified atom stereocenters. The first kappa shape index (κ1) is 14.9. The molecule has 122 valence electrons. The SMILES string of the molecule is Cc1ccc(C2C3C(=O)NC(=O)C3ON2c2ccccc2C)cc1. The number of carbonyl (C=O) groups excluding carboxylic acids is 2. The minimum Gasteiger partial charge on any atom is -0.294 e. The van der Waals surface area contributed by atoms with Crippen LogP contribution in [0.2, 0.25) is 0 Å². The Labute approximate surface area is 140 Å². The van der Waals surface area contributed by atoms with E-state index in [0.717, 1.165) is 22.4 Å². The molecular formula is C19H18N2O3. The van der Waals surface area contributed by atoms with Gasteiger partial charge in [-0.25, -0.2) is 5.06 Å². The first-order chi connectivity index (χ1) is 11.6. The summed E-state index contributed by atoms with van der Waals surface area (Å²) in [6.07, 6.45) is -0.775. The highest BCUT2D eigenvalue weighted by Crippen LogP contribution is 2.45. The molecule has 2 aliphatic heterocycles. The van der Waals surface area contributed by atoms with E-state index in [1.54, 1.807) is 5.06 Å². The maximum atomic E-state index is 12.3. The average molecular weight is 322 g/mol. The van der Waals surface area contributed by atoms with E-state index >= 15 is 0 Å². The summed E-state index contributed by atoms with van der Waals surface area (Å²) in [5.74, 6) is -1.18. The van der Waals surface area contributed by atoms with Gasteiger partial charge in [-0.1, -0.05) is 48.0 Å². The molecule has 2 heterocycles. The van der Waals surface area contributed by atoms with Crippen LogP contribution in [0.25, 0.3) is 0 Å². The lowest BCUT2D eigenvalue weighted by atomic mass is 9.90. The molecule has 2 aliphatic rings. The number of fused-ring (bicyclic) bond motifs is 1. The molecule has 5 nitrogen and oxygen atoms in total. The van der Waals surface area contributed by atoms with Gasteiger partial charge in [0, 0.05) is 0 Å². The van der Waals surface area contributed by atoms with E-state index < -0.39 is 12.0 Å². The van der Waals surface area contributed by atoms with Crippen LogP contribution in [-0.4, -0.2) is 17.9 Å². The summed E-state index contributed by atoms with van der Waals surface area (Å²) in [6, 6.07) is 15.5. The van der Waals surface area contributed by atoms with Crippen LogP contribution in [0.4, 0.5) is 5.69 Å². The fourth-order valence-corrected chi connectivity index (χ4v) is 3.46. The zero-order valence-electron chi connectivity index (χ0n) is 13.5. The molecule has 0 saturated carbocycles. The molecule has 3 atom stereocenters. The third kappa shape index (κ3) is 2.20. The standard InChI is InChI=1S/C19H18N2O3/c1-11-7-9-13(10-8-11)16-15-17(19(23)20-18(15)22)24-21(16)14-6-4-3-5-12(14)2/h3-10,15-17H,1-2H3,(H,20,22,23). The van der Waals surface area contributed by atoms with Gasteiger partial charge in [-0.05, 0) is 31.0 Å². The number of hydrogen-bond donors (Lipinski definition) is 1. The van der Waals surface area contributed by atoms with Crippen molar-refractivity contribution >= 4 is 17.5 Å². The van der Waals surface area contributed by atoms with Crippen molar-refractivity contribution in [2.45, 2.75) is 26.0 Å². The molecule has 1 N–H and O–H groups in total. The van der Waals surface area contributed by atoms with Gasteiger partial charge in [0.2, 0.25) is 5.91 Å². The molecule has 2 saturated heterocycles. The van der Waals surface area contributed by atoms with Crippen molar-refractivity contribution in [2.24, 2.45) is 5.92 Å². The fourth-order valence-electron chi connectivity index (χ4n) is 3.46. The Morgan fingerprint density at radius 1 is 0.958 bits per heavy atom. The summed E-state index contributed by atoms with van der Waals surface area (Å²) in [5, 5.41) is 4.12. The Bertz CT molecular complexity index is 816. The summed E-state index contributed by atoms with van der Waals surface area (Å²) in [7, 11) is 0. The average Bonchev–Trinajstić information content (AvgIpc) is 3.08. The van der Waals surface area contributed by atoms with Crippen LogP contribution in [0, 0.1) is 19.8 Å². The van der Waals surface area contributed by atoms with Gasteiger partial charge in [0.1, 0.15) is 5.92 Å². The van der Waals surface area contributed by atoms with Crippen LogP contribution in [-0.2, 0) is 14.4 Å². The molecule has 0 bridgehead atoms. The number of amides is 2. The van der Waals surface area contributed by atoms with Gasteiger partial charge in [0.25, 0.3) is 5.91 Å². The van der Waals surface area contributed by atoms with Gasteiger partial charge in [0.15, 0.2) is 6.10 Å². The van der Waals surface area contributed by atoms with Gasteiger partial charge in [-0.15, -0.1) is 0 Å². The van der Waals surface area contributed by atoms with Crippen molar-refractivity contribution in [3.8, 4) is 0 Å². The third-order valence-electron chi connectivity index (χ3n) is 4.73. The van der Waals surface area contributed by atoms with Crippen molar-refractivity contribution in [2.75, 3.05) is 5.06 Å². The number of hydroxylamine groups is 1. The normalized spacial score (nSPS) is 25.8. The van der Waals surface area contributed by atoms with Crippen molar-refractivity contribution in [1.82, 2.24) is 5.32 Å². The highest BCUT2D eigenvalue weighted by atomic mass is 16.7. The van der Waals surface area contributed by atoms with E-state index in [2.05, 4.69) is 5.32 Å². The molecular weight excluding hydrogens is 304 g/mol. The molecule has 2 aromatic rings. The number of aryl methyl sites for hydroxylation is 2. The summed E-state index contributed by atoms with van der Waals surface area (Å²) in [4.78, 5) is 30.3. The van der Waals surface area contributed by atoms with Crippen LogP contribution < -0.4 is 10.4 Å². The Hall–Kier alpha value is -2.66. The Morgan fingerprint density at radius 3 is 2.38 bits per heavy atom. The largest absolute Gasteiger partial charge is 0.294 e.